The molecule has 122 valence electrons. The predicted molar refractivity (Wildman–Crippen MR) is 85.9 cm³/mol. The Balaban J connectivity index is 3.04. The smallest absolute Gasteiger partial charge is 0.325 e. The van der Waals surface area contributed by atoms with Crippen LogP contribution in [0.25, 0.3) is 0 Å². The molecule has 1 rings (SSSR count). The maximum Gasteiger partial charge on any atom is 0.325 e. The largest absolute Gasteiger partial charge is 0.462 e. The van der Waals surface area contributed by atoms with Crippen molar-refractivity contribution in [2.45, 2.75) is 44.7 Å². The van der Waals surface area contributed by atoms with E-state index in [9.17, 15) is 13.2 Å². The molecule has 0 aliphatic rings. The summed E-state index contributed by atoms with van der Waals surface area (Å²) in [6.45, 7) is 10.6. The van der Waals surface area contributed by atoms with Gasteiger partial charge in [-0.25, -0.2) is 8.42 Å². The minimum atomic E-state index is -3.81. The number of esters is 1. The number of carbonyl (C=O) groups is 1. The van der Waals surface area contributed by atoms with Crippen molar-refractivity contribution in [3.8, 4) is 0 Å². The van der Waals surface area contributed by atoms with E-state index < -0.39 is 28.0 Å². The van der Waals surface area contributed by atoms with E-state index in [0.29, 0.717) is 0 Å². The first kappa shape index (κ1) is 18.4. The molecule has 0 radical (unpaired) electrons. The van der Waals surface area contributed by atoms with Crippen molar-refractivity contribution in [1.29, 1.82) is 0 Å². The van der Waals surface area contributed by atoms with Gasteiger partial charge < -0.3 is 4.74 Å². The molecule has 5 nitrogen and oxygen atoms in total. The summed E-state index contributed by atoms with van der Waals surface area (Å²) in [7, 11) is -3.81. The minimum Gasteiger partial charge on any atom is -0.462 e. The van der Waals surface area contributed by atoms with Gasteiger partial charge in [-0.2, -0.15) is 4.72 Å². The molecule has 0 saturated carbocycles. The van der Waals surface area contributed by atoms with Crippen LogP contribution < -0.4 is 4.72 Å². The van der Waals surface area contributed by atoms with Crippen molar-refractivity contribution < 1.29 is 17.9 Å². The Hall–Kier alpha value is -1.66. The molecule has 0 spiro atoms. The molecule has 0 aliphatic heterocycles. The first-order valence-corrected chi connectivity index (χ1v) is 8.57. The van der Waals surface area contributed by atoms with Gasteiger partial charge in [0.25, 0.3) is 0 Å². The van der Waals surface area contributed by atoms with Gasteiger partial charge in [0.05, 0.1) is 11.0 Å². The number of ether oxygens (including phenoxy) is 1. The van der Waals surface area contributed by atoms with Crippen molar-refractivity contribution in [3.63, 3.8) is 0 Å². The Bertz CT molecular complexity index is 620. The average Bonchev–Trinajstić information content (AvgIpc) is 2.43. The van der Waals surface area contributed by atoms with Gasteiger partial charge in [-0.3, -0.25) is 4.79 Å². The third-order valence-electron chi connectivity index (χ3n) is 3.12. The Labute approximate surface area is 132 Å². The van der Waals surface area contributed by atoms with Crippen LogP contribution in [0.2, 0.25) is 0 Å². The lowest BCUT2D eigenvalue weighted by molar-refractivity contribution is -0.150. The van der Waals surface area contributed by atoms with Gasteiger partial charge in [0.2, 0.25) is 10.0 Å². The van der Waals surface area contributed by atoms with Crippen LogP contribution >= 0.6 is 0 Å². The zero-order chi connectivity index (χ0) is 16.9. The number of nitrogens with one attached hydrogen (secondary N) is 1. The molecule has 0 fully saturated rings. The second kappa shape index (κ2) is 7.56. The number of aryl methyl sites for hydroxylation is 1. The number of sulfonamides is 1. The lowest BCUT2D eigenvalue weighted by atomic mass is 10.0. The van der Waals surface area contributed by atoms with Gasteiger partial charge in [0, 0.05) is 5.92 Å². The molecule has 0 aromatic heterocycles. The number of carbonyl (C=O) groups excluding carboxylic acids is 1. The highest BCUT2D eigenvalue weighted by Gasteiger charge is 2.30. The van der Waals surface area contributed by atoms with Crippen LogP contribution in [-0.2, 0) is 19.6 Å². The summed E-state index contributed by atoms with van der Waals surface area (Å²) >= 11 is 0. The number of benzene rings is 1. The highest BCUT2D eigenvalue weighted by Crippen LogP contribution is 2.15. The second-order valence-electron chi connectivity index (χ2n) is 5.49. The summed E-state index contributed by atoms with van der Waals surface area (Å²) in [6.07, 6.45) is 1.19. The lowest BCUT2D eigenvalue weighted by Crippen LogP contribution is -2.46. The molecule has 1 aromatic rings. The molecule has 1 N–H and O–H groups in total. The predicted octanol–water partition coefficient (Wildman–Crippen LogP) is 2.42. The monoisotopic (exact) mass is 325 g/mol. The fourth-order valence-electron chi connectivity index (χ4n) is 1.76. The minimum absolute atomic E-state index is 0.108. The Morgan fingerprint density at radius 3 is 2.23 bits per heavy atom. The molecule has 0 saturated heterocycles. The van der Waals surface area contributed by atoms with E-state index in [1.807, 2.05) is 6.92 Å². The van der Waals surface area contributed by atoms with Crippen LogP contribution in [0.5, 0.6) is 0 Å². The molecule has 0 heterocycles. The van der Waals surface area contributed by atoms with E-state index in [1.54, 1.807) is 32.9 Å². The van der Waals surface area contributed by atoms with Crippen LogP contribution in [-0.4, -0.2) is 26.5 Å². The Kier molecular flexibility index (Phi) is 6.32. The van der Waals surface area contributed by atoms with E-state index in [0.717, 1.165) is 5.56 Å². The van der Waals surface area contributed by atoms with E-state index >= 15 is 0 Å². The maximum absolute atomic E-state index is 12.4. The highest BCUT2D eigenvalue weighted by molar-refractivity contribution is 7.89. The van der Waals surface area contributed by atoms with Crippen molar-refractivity contribution in [1.82, 2.24) is 4.72 Å². The number of hydrogen-bond acceptors (Lipinski definition) is 4. The fraction of sp³-hybridized carbons (Fsp3) is 0.438. The summed E-state index contributed by atoms with van der Waals surface area (Å²) in [5.41, 5.74) is 0.953. The first-order chi connectivity index (χ1) is 10.2. The summed E-state index contributed by atoms with van der Waals surface area (Å²) in [6, 6.07) is 5.40. The standard InChI is InChI=1S/C16H23NO4S/c1-6-13(5)15(16(18)21-11(2)3)17-22(19,20)14-9-7-12(4)8-10-14/h6-11,13,15,17H,1H2,2-5H3. The molecule has 2 unspecified atom stereocenters. The molecule has 22 heavy (non-hydrogen) atoms. The topological polar surface area (TPSA) is 72.5 Å². The zero-order valence-corrected chi connectivity index (χ0v) is 14.2. The molecule has 0 bridgehead atoms. The number of hydrogen-bond donors (Lipinski definition) is 1. The zero-order valence-electron chi connectivity index (χ0n) is 13.4. The second-order valence-corrected chi connectivity index (χ2v) is 7.21. The van der Waals surface area contributed by atoms with Gasteiger partial charge in [-0.1, -0.05) is 30.7 Å². The summed E-state index contributed by atoms with van der Waals surface area (Å²) in [5, 5.41) is 0. The first-order valence-electron chi connectivity index (χ1n) is 7.09. The summed E-state index contributed by atoms with van der Waals surface area (Å²) in [4.78, 5) is 12.2. The van der Waals surface area contributed by atoms with E-state index in [-0.39, 0.29) is 11.0 Å². The molecular formula is C16H23NO4S. The normalized spacial score (nSPS) is 14.4. The molecule has 0 amide bonds. The van der Waals surface area contributed by atoms with Gasteiger partial charge in [0.15, 0.2) is 0 Å². The van der Waals surface area contributed by atoms with Crippen LogP contribution in [0.4, 0.5) is 0 Å². The Morgan fingerprint density at radius 2 is 1.77 bits per heavy atom. The van der Waals surface area contributed by atoms with Gasteiger partial charge in [0.1, 0.15) is 6.04 Å². The van der Waals surface area contributed by atoms with Crippen molar-refractivity contribution >= 4 is 16.0 Å². The maximum atomic E-state index is 12.4. The molecule has 2 atom stereocenters. The van der Waals surface area contributed by atoms with E-state index in [4.69, 9.17) is 4.74 Å². The highest BCUT2D eigenvalue weighted by atomic mass is 32.2. The average molecular weight is 325 g/mol. The van der Waals surface area contributed by atoms with E-state index in [1.165, 1.54) is 18.2 Å². The van der Waals surface area contributed by atoms with Crippen LogP contribution in [0, 0.1) is 12.8 Å². The molecule has 6 heteroatoms. The van der Waals surface area contributed by atoms with Crippen LogP contribution in [0.15, 0.2) is 41.8 Å². The Morgan fingerprint density at radius 1 is 1.23 bits per heavy atom. The lowest BCUT2D eigenvalue weighted by Gasteiger charge is -2.22. The van der Waals surface area contributed by atoms with Gasteiger partial charge >= 0.3 is 5.97 Å². The fourth-order valence-corrected chi connectivity index (χ4v) is 3.04. The van der Waals surface area contributed by atoms with Gasteiger partial charge in [-0.15, -0.1) is 6.58 Å². The van der Waals surface area contributed by atoms with E-state index in [2.05, 4.69) is 11.3 Å². The summed E-state index contributed by atoms with van der Waals surface area (Å²) in [5.74, 6) is -1.01. The molecule has 0 aliphatic carbocycles. The third kappa shape index (κ3) is 4.96. The molecular weight excluding hydrogens is 302 g/mol. The SMILES string of the molecule is C=CC(C)C(NS(=O)(=O)c1ccc(C)cc1)C(=O)OC(C)C. The quantitative estimate of drug-likeness (QED) is 0.617. The third-order valence-corrected chi connectivity index (χ3v) is 4.57. The van der Waals surface area contributed by atoms with Crippen molar-refractivity contribution in [3.05, 3.63) is 42.5 Å². The van der Waals surface area contributed by atoms with Crippen molar-refractivity contribution in [2.24, 2.45) is 5.92 Å². The van der Waals surface area contributed by atoms with Gasteiger partial charge in [-0.05, 0) is 32.9 Å². The summed E-state index contributed by atoms with van der Waals surface area (Å²) < 4.78 is 32.4. The van der Waals surface area contributed by atoms with Crippen molar-refractivity contribution in [2.75, 3.05) is 0 Å². The number of rotatable bonds is 7. The van der Waals surface area contributed by atoms with Crippen LogP contribution in [0.1, 0.15) is 26.3 Å². The van der Waals surface area contributed by atoms with Crippen LogP contribution in [0.3, 0.4) is 0 Å². The molecule has 1 aromatic carbocycles.